The first-order valence-electron chi connectivity index (χ1n) is 10.5. The SMILES string of the molecule is Cc1cccc(C(CC(=O)O)N(Cc2ccc(CP(=O)(O)O)cc2)C(=O)c2cccc(F)c2)c1. The van der Waals surface area contributed by atoms with E-state index in [0.29, 0.717) is 16.7 Å². The van der Waals surface area contributed by atoms with Gasteiger partial charge in [-0.05, 0) is 41.8 Å². The largest absolute Gasteiger partial charge is 0.481 e. The lowest BCUT2D eigenvalue weighted by Crippen LogP contribution is -2.36. The number of amides is 1. The summed E-state index contributed by atoms with van der Waals surface area (Å²) < 4.78 is 25.1. The van der Waals surface area contributed by atoms with Gasteiger partial charge < -0.3 is 19.8 Å². The fourth-order valence-electron chi connectivity index (χ4n) is 3.75. The van der Waals surface area contributed by atoms with Crippen LogP contribution < -0.4 is 0 Å². The average molecular weight is 485 g/mol. The number of aliphatic carboxylic acids is 1. The van der Waals surface area contributed by atoms with Crippen LogP contribution in [0.15, 0.2) is 72.8 Å². The second-order valence-corrected chi connectivity index (χ2v) is 9.76. The van der Waals surface area contributed by atoms with Crippen molar-refractivity contribution in [2.24, 2.45) is 0 Å². The Morgan fingerprint density at radius 3 is 2.21 bits per heavy atom. The predicted octanol–water partition coefficient (Wildman–Crippen LogP) is 4.67. The molecule has 3 rings (SSSR count). The van der Waals surface area contributed by atoms with Gasteiger partial charge in [0.05, 0.1) is 18.6 Å². The van der Waals surface area contributed by atoms with Crippen molar-refractivity contribution in [1.82, 2.24) is 4.90 Å². The molecule has 0 bridgehead atoms. The zero-order valence-electron chi connectivity index (χ0n) is 18.5. The minimum absolute atomic E-state index is 0.0113. The van der Waals surface area contributed by atoms with Crippen molar-refractivity contribution in [2.75, 3.05) is 0 Å². The number of hydrogen-bond donors (Lipinski definition) is 3. The topological polar surface area (TPSA) is 115 Å². The molecule has 0 aromatic heterocycles. The highest BCUT2D eigenvalue weighted by Gasteiger charge is 2.29. The molecule has 0 heterocycles. The van der Waals surface area contributed by atoms with Crippen LogP contribution in [0.5, 0.6) is 0 Å². The Kier molecular flexibility index (Phi) is 7.99. The quantitative estimate of drug-likeness (QED) is 0.380. The summed E-state index contributed by atoms with van der Waals surface area (Å²) in [7, 11) is -4.23. The zero-order valence-corrected chi connectivity index (χ0v) is 19.4. The first kappa shape index (κ1) is 25.3. The van der Waals surface area contributed by atoms with Crippen molar-refractivity contribution < 1.29 is 33.4 Å². The number of hydrogen-bond acceptors (Lipinski definition) is 3. The second kappa shape index (κ2) is 10.7. The maximum Gasteiger partial charge on any atom is 0.329 e. The fraction of sp³-hybridized carbons (Fsp3) is 0.200. The van der Waals surface area contributed by atoms with E-state index in [1.165, 1.54) is 23.1 Å². The Bertz CT molecular complexity index is 1220. The van der Waals surface area contributed by atoms with Crippen LogP contribution in [0.2, 0.25) is 0 Å². The molecule has 0 radical (unpaired) electrons. The number of carboxylic acid groups (broad SMARTS) is 1. The van der Waals surface area contributed by atoms with E-state index in [9.17, 15) is 33.4 Å². The molecule has 7 nitrogen and oxygen atoms in total. The number of aryl methyl sites for hydroxylation is 1. The van der Waals surface area contributed by atoms with Crippen molar-refractivity contribution in [3.63, 3.8) is 0 Å². The maximum absolute atomic E-state index is 13.9. The van der Waals surface area contributed by atoms with E-state index >= 15 is 0 Å². The van der Waals surface area contributed by atoms with Crippen LogP contribution in [0.25, 0.3) is 0 Å². The second-order valence-electron chi connectivity index (χ2n) is 8.11. The molecule has 0 fully saturated rings. The first-order valence-corrected chi connectivity index (χ1v) is 12.3. The van der Waals surface area contributed by atoms with Gasteiger partial charge >= 0.3 is 13.6 Å². The highest BCUT2D eigenvalue weighted by atomic mass is 31.2. The van der Waals surface area contributed by atoms with E-state index in [0.717, 1.165) is 11.6 Å². The molecule has 3 aromatic rings. The van der Waals surface area contributed by atoms with Gasteiger partial charge in [0.2, 0.25) is 0 Å². The van der Waals surface area contributed by atoms with Crippen molar-refractivity contribution in [1.29, 1.82) is 0 Å². The van der Waals surface area contributed by atoms with Gasteiger partial charge in [0.1, 0.15) is 5.82 Å². The summed E-state index contributed by atoms with van der Waals surface area (Å²) in [5.74, 6) is -2.22. The van der Waals surface area contributed by atoms with Crippen molar-refractivity contribution >= 4 is 19.5 Å². The molecular formula is C25H25FNO6P. The molecule has 9 heteroatoms. The summed E-state index contributed by atoms with van der Waals surface area (Å²) in [5.41, 5.74) is 2.67. The third-order valence-electron chi connectivity index (χ3n) is 5.27. The van der Waals surface area contributed by atoms with Gasteiger partial charge in [0.15, 0.2) is 0 Å². The van der Waals surface area contributed by atoms with E-state index in [4.69, 9.17) is 0 Å². The highest BCUT2D eigenvalue weighted by Crippen LogP contribution is 2.39. The molecule has 0 aliphatic rings. The van der Waals surface area contributed by atoms with Crippen LogP contribution in [0.1, 0.15) is 45.1 Å². The monoisotopic (exact) mass is 485 g/mol. The minimum Gasteiger partial charge on any atom is -0.481 e. The predicted molar refractivity (Wildman–Crippen MR) is 125 cm³/mol. The summed E-state index contributed by atoms with van der Waals surface area (Å²) in [4.78, 5) is 45.0. The molecular weight excluding hydrogens is 460 g/mol. The van der Waals surface area contributed by atoms with E-state index in [2.05, 4.69) is 0 Å². The Balaban J connectivity index is 2.02. The van der Waals surface area contributed by atoms with Crippen LogP contribution in [0, 0.1) is 12.7 Å². The van der Waals surface area contributed by atoms with Gasteiger partial charge in [-0.15, -0.1) is 0 Å². The summed E-state index contributed by atoms with van der Waals surface area (Å²) >= 11 is 0. The van der Waals surface area contributed by atoms with Crippen LogP contribution in [0.3, 0.4) is 0 Å². The summed E-state index contributed by atoms with van der Waals surface area (Å²) in [6.07, 6.45) is -0.773. The fourth-order valence-corrected chi connectivity index (χ4v) is 4.43. The molecule has 1 unspecified atom stereocenters. The lowest BCUT2D eigenvalue weighted by Gasteiger charge is -2.32. The lowest BCUT2D eigenvalue weighted by molar-refractivity contribution is -0.138. The highest BCUT2D eigenvalue weighted by molar-refractivity contribution is 7.50. The Labute approximate surface area is 196 Å². The van der Waals surface area contributed by atoms with Gasteiger partial charge in [0.25, 0.3) is 5.91 Å². The number of carbonyl (C=O) groups is 2. The van der Waals surface area contributed by atoms with E-state index < -0.39 is 37.5 Å². The van der Waals surface area contributed by atoms with Crippen molar-refractivity contribution in [3.05, 3.63) is 106 Å². The third kappa shape index (κ3) is 7.09. The molecule has 0 spiro atoms. The normalized spacial score (nSPS) is 12.2. The molecule has 178 valence electrons. The molecule has 1 atom stereocenters. The summed E-state index contributed by atoms with van der Waals surface area (Å²) in [6.45, 7) is 1.87. The molecule has 3 aromatic carbocycles. The number of carbonyl (C=O) groups excluding carboxylic acids is 1. The van der Waals surface area contributed by atoms with E-state index in [1.807, 2.05) is 19.1 Å². The van der Waals surface area contributed by atoms with E-state index in [1.54, 1.807) is 36.4 Å². The molecule has 34 heavy (non-hydrogen) atoms. The number of halogens is 1. The van der Waals surface area contributed by atoms with Crippen LogP contribution in [0.4, 0.5) is 4.39 Å². The van der Waals surface area contributed by atoms with Gasteiger partial charge in [-0.25, -0.2) is 4.39 Å². The van der Waals surface area contributed by atoms with Gasteiger partial charge in [-0.1, -0.05) is 60.2 Å². The molecule has 1 amide bonds. The molecule has 0 saturated heterocycles. The minimum atomic E-state index is -4.23. The Hall–Kier alpha value is -3.32. The first-order chi connectivity index (χ1) is 16.0. The Morgan fingerprint density at radius 1 is 0.971 bits per heavy atom. The standard InChI is InChI=1S/C25H25FNO6P/c1-17-4-2-5-20(12-17)23(14-24(28)29)27(25(30)21-6-3-7-22(26)13-21)15-18-8-10-19(11-9-18)16-34(31,32)33/h2-13,23H,14-16H2,1H3,(H,28,29)(H2,31,32,33). The summed E-state index contributed by atoms with van der Waals surface area (Å²) in [6, 6.07) is 17.9. The molecule has 0 aliphatic heterocycles. The zero-order chi connectivity index (χ0) is 24.9. The number of rotatable bonds is 9. The van der Waals surface area contributed by atoms with Crippen molar-refractivity contribution in [2.45, 2.75) is 32.1 Å². The van der Waals surface area contributed by atoms with Gasteiger partial charge in [-0.3, -0.25) is 14.2 Å². The average Bonchev–Trinajstić information content (AvgIpc) is 2.75. The summed E-state index contributed by atoms with van der Waals surface area (Å²) in [5, 5.41) is 9.60. The molecule has 0 saturated carbocycles. The molecule has 0 aliphatic carbocycles. The van der Waals surface area contributed by atoms with Crippen LogP contribution in [-0.2, 0) is 22.1 Å². The van der Waals surface area contributed by atoms with Crippen LogP contribution in [-0.4, -0.2) is 31.7 Å². The van der Waals surface area contributed by atoms with E-state index in [-0.39, 0.29) is 18.5 Å². The maximum atomic E-state index is 13.9. The smallest absolute Gasteiger partial charge is 0.329 e. The third-order valence-corrected chi connectivity index (χ3v) is 6.05. The lowest BCUT2D eigenvalue weighted by atomic mass is 9.98. The van der Waals surface area contributed by atoms with Crippen LogP contribution >= 0.6 is 7.60 Å². The number of carboxylic acids is 1. The van der Waals surface area contributed by atoms with Crippen molar-refractivity contribution in [3.8, 4) is 0 Å². The van der Waals surface area contributed by atoms with Gasteiger partial charge in [-0.2, -0.15) is 0 Å². The van der Waals surface area contributed by atoms with Gasteiger partial charge in [0, 0.05) is 12.1 Å². The number of nitrogens with zero attached hydrogens (tertiary/aromatic N) is 1. The number of benzene rings is 3. The Morgan fingerprint density at radius 2 is 1.62 bits per heavy atom. The molecule has 3 N–H and O–H groups in total.